The van der Waals surface area contributed by atoms with Crippen LogP contribution in [0.2, 0.25) is 0 Å². The van der Waals surface area contributed by atoms with Crippen LogP contribution in [0.15, 0.2) is 24.3 Å². The zero-order chi connectivity index (χ0) is 20.7. The summed E-state index contributed by atoms with van der Waals surface area (Å²) in [5, 5.41) is 0. The monoisotopic (exact) mass is 398 g/mol. The van der Waals surface area contributed by atoms with Gasteiger partial charge < -0.3 is 14.2 Å². The summed E-state index contributed by atoms with van der Waals surface area (Å²) in [5.74, 6) is -1.15. The van der Waals surface area contributed by atoms with Gasteiger partial charge in [-0.2, -0.15) is 0 Å². The summed E-state index contributed by atoms with van der Waals surface area (Å²) in [6.07, 6.45) is 0.550. The number of ether oxygens (including phenoxy) is 3. The van der Waals surface area contributed by atoms with Gasteiger partial charge in [0.15, 0.2) is 6.10 Å². The van der Waals surface area contributed by atoms with Crippen LogP contribution < -0.4 is 4.74 Å². The van der Waals surface area contributed by atoms with E-state index in [1.54, 1.807) is 13.8 Å². The summed E-state index contributed by atoms with van der Waals surface area (Å²) in [5.41, 5.74) is -0.371. The van der Waals surface area contributed by atoms with Crippen molar-refractivity contribution in [3.8, 4) is 5.75 Å². The van der Waals surface area contributed by atoms with Gasteiger partial charge in [-0.05, 0) is 62.3 Å². The van der Waals surface area contributed by atoms with Crippen molar-refractivity contribution in [2.45, 2.75) is 77.4 Å². The highest BCUT2D eigenvalue weighted by molar-refractivity contribution is 5.89. The highest BCUT2D eigenvalue weighted by atomic mass is 19.3. The molecule has 0 radical (unpaired) electrons. The molecule has 1 fully saturated rings. The van der Waals surface area contributed by atoms with Gasteiger partial charge >= 0.3 is 12.1 Å². The number of carbonyl (C=O) groups is 2. The molecule has 0 amide bonds. The maximum Gasteiger partial charge on any atom is 0.514 e. The molecule has 0 heterocycles. The third-order valence-electron chi connectivity index (χ3n) is 5.15. The van der Waals surface area contributed by atoms with E-state index in [-0.39, 0.29) is 11.3 Å². The van der Waals surface area contributed by atoms with Gasteiger partial charge in [0.1, 0.15) is 11.4 Å². The molecule has 1 atom stereocenters. The quantitative estimate of drug-likeness (QED) is 0.431. The largest absolute Gasteiger partial charge is 0.514 e. The highest BCUT2D eigenvalue weighted by Crippen LogP contribution is 2.34. The fourth-order valence-corrected chi connectivity index (χ4v) is 3.35. The Morgan fingerprint density at radius 2 is 1.68 bits per heavy atom. The lowest BCUT2D eigenvalue weighted by molar-refractivity contribution is -0.0526. The van der Waals surface area contributed by atoms with Crippen LogP contribution in [-0.2, 0) is 9.47 Å². The van der Waals surface area contributed by atoms with Gasteiger partial charge in [0, 0.05) is 0 Å². The molecular weight excluding hydrogens is 370 g/mol. The van der Waals surface area contributed by atoms with Crippen molar-refractivity contribution in [2.75, 3.05) is 0 Å². The fourth-order valence-electron chi connectivity index (χ4n) is 3.35. The smallest absolute Gasteiger partial charge is 0.452 e. The molecule has 0 bridgehead atoms. The summed E-state index contributed by atoms with van der Waals surface area (Å²) in [6, 6.07) is 5.54. The second-order valence-electron chi connectivity index (χ2n) is 7.52. The average Bonchev–Trinajstić information content (AvgIpc) is 2.66. The first-order chi connectivity index (χ1) is 13.3. The first-order valence-corrected chi connectivity index (χ1v) is 9.76. The highest BCUT2D eigenvalue weighted by Gasteiger charge is 2.35. The Morgan fingerprint density at radius 3 is 2.18 bits per heavy atom. The molecule has 1 aromatic rings. The number of benzene rings is 1. The summed E-state index contributed by atoms with van der Waals surface area (Å²) in [6.45, 7) is 5.10. The van der Waals surface area contributed by atoms with Gasteiger partial charge in [0.25, 0.3) is 6.43 Å². The van der Waals surface area contributed by atoms with Crippen molar-refractivity contribution < 1.29 is 32.6 Å². The Kier molecular flexibility index (Phi) is 7.78. The third kappa shape index (κ3) is 5.91. The number of carbonyl (C=O) groups excluding carboxylic acids is 2. The van der Waals surface area contributed by atoms with E-state index in [1.165, 1.54) is 24.3 Å². The molecule has 156 valence electrons. The van der Waals surface area contributed by atoms with Crippen LogP contribution in [0.5, 0.6) is 5.75 Å². The van der Waals surface area contributed by atoms with Crippen LogP contribution in [0.3, 0.4) is 0 Å². The summed E-state index contributed by atoms with van der Waals surface area (Å²) in [4.78, 5) is 24.2. The molecule has 0 spiro atoms. The first kappa shape index (κ1) is 22.1. The van der Waals surface area contributed by atoms with Crippen molar-refractivity contribution in [1.29, 1.82) is 0 Å². The first-order valence-electron chi connectivity index (χ1n) is 9.76. The molecule has 1 aromatic carbocycles. The normalized spacial score (nSPS) is 17.2. The predicted octanol–water partition coefficient (Wildman–Crippen LogP) is 5.76. The minimum absolute atomic E-state index is 0.101. The zero-order valence-electron chi connectivity index (χ0n) is 16.6. The second kappa shape index (κ2) is 9.85. The van der Waals surface area contributed by atoms with Gasteiger partial charge in [-0.1, -0.05) is 27.2 Å². The maximum atomic E-state index is 12.9. The van der Waals surface area contributed by atoms with Crippen molar-refractivity contribution in [3.05, 3.63) is 29.8 Å². The molecule has 1 unspecified atom stereocenters. The lowest BCUT2D eigenvalue weighted by Gasteiger charge is -2.35. The van der Waals surface area contributed by atoms with Crippen LogP contribution >= 0.6 is 0 Å². The molecule has 0 saturated heterocycles. The molecule has 0 aliphatic heterocycles. The van der Waals surface area contributed by atoms with E-state index in [0.29, 0.717) is 0 Å². The fraction of sp³-hybridized carbons (Fsp3) is 0.619. The van der Waals surface area contributed by atoms with E-state index in [2.05, 4.69) is 0 Å². The van der Waals surface area contributed by atoms with Crippen LogP contribution in [-0.4, -0.2) is 30.3 Å². The van der Waals surface area contributed by atoms with Gasteiger partial charge in [-0.25, -0.2) is 18.4 Å². The van der Waals surface area contributed by atoms with Crippen molar-refractivity contribution in [2.24, 2.45) is 5.92 Å². The Morgan fingerprint density at radius 1 is 1.07 bits per heavy atom. The molecule has 0 aromatic heterocycles. The molecule has 7 heteroatoms. The number of rotatable bonds is 7. The Bertz CT molecular complexity index is 643. The Hall–Kier alpha value is -2.18. The van der Waals surface area contributed by atoms with E-state index in [1.807, 2.05) is 6.92 Å². The SMILES string of the molecule is CCC1(OC(=O)Oc2ccc(C(=O)OC(C(C)C)C(F)F)cc2)CCCCC1. The lowest BCUT2D eigenvalue weighted by Crippen LogP contribution is -2.37. The van der Waals surface area contributed by atoms with Crippen molar-refractivity contribution >= 4 is 12.1 Å². The molecule has 0 N–H and O–H groups in total. The third-order valence-corrected chi connectivity index (χ3v) is 5.15. The molecule has 1 saturated carbocycles. The number of hydrogen-bond acceptors (Lipinski definition) is 5. The minimum Gasteiger partial charge on any atom is -0.452 e. The van der Waals surface area contributed by atoms with E-state index < -0.39 is 36.2 Å². The van der Waals surface area contributed by atoms with Gasteiger partial charge in [0.05, 0.1) is 5.56 Å². The number of hydrogen-bond donors (Lipinski definition) is 0. The second-order valence-corrected chi connectivity index (χ2v) is 7.52. The molecular formula is C21H28F2O5. The molecule has 2 rings (SSSR count). The van der Waals surface area contributed by atoms with Crippen LogP contribution in [0.4, 0.5) is 13.6 Å². The minimum atomic E-state index is -2.76. The van der Waals surface area contributed by atoms with Crippen LogP contribution in [0, 0.1) is 5.92 Å². The zero-order valence-corrected chi connectivity index (χ0v) is 16.6. The van der Waals surface area contributed by atoms with E-state index >= 15 is 0 Å². The van der Waals surface area contributed by atoms with E-state index in [9.17, 15) is 18.4 Å². The number of esters is 1. The van der Waals surface area contributed by atoms with Gasteiger partial charge in [-0.3, -0.25) is 0 Å². The number of halogens is 2. The van der Waals surface area contributed by atoms with Crippen molar-refractivity contribution in [3.63, 3.8) is 0 Å². The molecule has 5 nitrogen and oxygen atoms in total. The predicted molar refractivity (Wildman–Crippen MR) is 99.7 cm³/mol. The Balaban J connectivity index is 1.94. The standard InChI is InChI=1S/C21H28F2O5/c1-4-21(12-6-5-7-13-21)28-20(25)26-16-10-8-15(9-11-16)19(24)27-17(14(2)3)18(22)23/h8-11,14,17-18H,4-7,12-13H2,1-3H3. The van der Waals surface area contributed by atoms with Gasteiger partial charge in [0.2, 0.25) is 0 Å². The summed E-state index contributed by atoms with van der Waals surface area (Å²) < 4.78 is 41.5. The van der Waals surface area contributed by atoms with Crippen LogP contribution in [0.25, 0.3) is 0 Å². The Labute approximate surface area is 164 Å². The lowest BCUT2D eigenvalue weighted by atomic mass is 9.83. The molecule has 1 aliphatic carbocycles. The molecule has 1 aliphatic rings. The summed E-state index contributed by atoms with van der Waals surface area (Å²) >= 11 is 0. The average molecular weight is 398 g/mol. The number of alkyl halides is 2. The molecule has 28 heavy (non-hydrogen) atoms. The van der Waals surface area contributed by atoms with Crippen LogP contribution in [0.1, 0.15) is 69.7 Å². The van der Waals surface area contributed by atoms with Crippen molar-refractivity contribution in [1.82, 2.24) is 0 Å². The maximum absolute atomic E-state index is 12.9. The van der Waals surface area contributed by atoms with Gasteiger partial charge in [-0.15, -0.1) is 0 Å². The van der Waals surface area contributed by atoms with E-state index in [4.69, 9.17) is 14.2 Å². The summed E-state index contributed by atoms with van der Waals surface area (Å²) in [7, 11) is 0. The topological polar surface area (TPSA) is 61.8 Å². The van der Waals surface area contributed by atoms with E-state index in [0.717, 1.165) is 38.5 Å².